The van der Waals surface area contributed by atoms with Gasteiger partial charge in [-0.25, -0.2) is 4.39 Å². The Bertz CT molecular complexity index is 299. The Morgan fingerprint density at radius 2 is 2.15 bits per heavy atom. The summed E-state index contributed by atoms with van der Waals surface area (Å²) in [7, 11) is 0. The summed E-state index contributed by atoms with van der Waals surface area (Å²) in [6.45, 7) is 2.02. The van der Waals surface area contributed by atoms with Crippen LogP contribution in [0.25, 0.3) is 0 Å². The predicted molar refractivity (Wildman–Crippen MR) is 54.2 cm³/mol. The molecule has 13 heavy (non-hydrogen) atoms. The van der Waals surface area contributed by atoms with Crippen LogP contribution in [-0.2, 0) is 6.42 Å². The predicted octanol–water partition coefficient (Wildman–Crippen LogP) is 2.82. The minimum absolute atomic E-state index is 0.0970. The normalized spacial score (nSPS) is 10.5. The summed E-state index contributed by atoms with van der Waals surface area (Å²) in [4.78, 5) is 0. The lowest BCUT2D eigenvalue weighted by Crippen LogP contribution is -1.96. The van der Waals surface area contributed by atoms with Gasteiger partial charge in [0.25, 0.3) is 0 Å². The van der Waals surface area contributed by atoms with Gasteiger partial charge in [-0.1, -0.05) is 22.0 Å². The number of aliphatic hydroxyl groups is 1. The average Bonchev–Trinajstić information content (AvgIpc) is 2.12. The maximum absolute atomic E-state index is 13.2. The highest BCUT2D eigenvalue weighted by Gasteiger charge is 2.08. The highest BCUT2D eigenvalue weighted by atomic mass is 79.9. The van der Waals surface area contributed by atoms with Gasteiger partial charge in [0.2, 0.25) is 0 Å². The number of rotatable bonds is 3. The van der Waals surface area contributed by atoms with Crippen molar-refractivity contribution in [3.8, 4) is 0 Å². The largest absolute Gasteiger partial charge is 0.396 e. The molecule has 0 aliphatic carbocycles. The first-order valence-electron chi connectivity index (χ1n) is 4.21. The van der Waals surface area contributed by atoms with E-state index in [1.807, 2.05) is 6.92 Å². The monoisotopic (exact) mass is 246 g/mol. The van der Waals surface area contributed by atoms with Gasteiger partial charge in [-0.3, -0.25) is 0 Å². The molecule has 0 atom stereocenters. The minimum atomic E-state index is -0.203. The van der Waals surface area contributed by atoms with Gasteiger partial charge < -0.3 is 5.11 Å². The molecular weight excluding hydrogens is 235 g/mol. The third-order valence-electron chi connectivity index (χ3n) is 1.96. The molecule has 0 radical (unpaired) electrons. The Labute approximate surface area is 85.7 Å². The van der Waals surface area contributed by atoms with Crippen molar-refractivity contribution in [2.24, 2.45) is 0 Å². The summed E-state index contributed by atoms with van der Waals surface area (Å²) in [6, 6.07) is 3.20. The molecule has 1 aromatic rings. The lowest BCUT2D eigenvalue weighted by atomic mass is 10.1. The average molecular weight is 247 g/mol. The standard InChI is InChI=1S/C10H12BrFO/c1-7-4-5-9(12)8(10(7)11)3-2-6-13/h4-5,13H,2-3,6H2,1H3. The summed E-state index contributed by atoms with van der Waals surface area (Å²) in [5.41, 5.74) is 1.68. The van der Waals surface area contributed by atoms with Gasteiger partial charge in [0.05, 0.1) is 0 Å². The van der Waals surface area contributed by atoms with Crippen LogP contribution in [0.1, 0.15) is 17.5 Å². The fourth-order valence-corrected chi connectivity index (χ4v) is 1.72. The highest BCUT2D eigenvalue weighted by molar-refractivity contribution is 9.10. The second-order valence-corrected chi connectivity index (χ2v) is 3.78. The molecule has 1 nitrogen and oxygen atoms in total. The first kappa shape index (κ1) is 10.7. The fraction of sp³-hybridized carbons (Fsp3) is 0.400. The molecule has 1 N–H and O–H groups in total. The van der Waals surface area contributed by atoms with E-state index in [9.17, 15) is 4.39 Å². The van der Waals surface area contributed by atoms with Crippen LogP contribution in [0.2, 0.25) is 0 Å². The Morgan fingerprint density at radius 1 is 1.46 bits per heavy atom. The second kappa shape index (κ2) is 4.72. The molecule has 72 valence electrons. The summed E-state index contributed by atoms with van der Waals surface area (Å²) in [5.74, 6) is -0.203. The lowest BCUT2D eigenvalue weighted by Gasteiger charge is -2.07. The van der Waals surface area contributed by atoms with E-state index in [1.54, 1.807) is 6.07 Å². The van der Waals surface area contributed by atoms with Crippen molar-refractivity contribution in [1.82, 2.24) is 0 Å². The number of benzene rings is 1. The topological polar surface area (TPSA) is 20.2 Å². The van der Waals surface area contributed by atoms with Crippen LogP contribution in [0.15, 0.2) is 16.6 Å². The molecule has 1 aromatic carbocycles. The molecule has 0 aromatic heterocycles. The first-order chi connectivity index (χ1) is 6.16. The molecule has 0 aliphatic heterocycles. The van der Waals surface area contributed by atoms with Crippen LogP contribution in [0, 0.1) is 12.7 Å². The van der Waals surface area contributed by atoms with Crippen molar-refractivity contribution in [3.63, 3.8) is 0 Å². The van der Waals surface area contributed by atoms with Crippen LogP contribution in [-0.4, -0.2) is 11.7 Å². The van der Waals surface area contributed by atoms with E-state index in [4.69, 9.17) is 5.11 Å². The number of hydrogen-bond acceptors (Lipinski definition) is 1. The Balaban J connectivity index is 2.96. The van der Waals surface area contributed by atoms with Crippen LogP contribution < -0.4 is 0 Å². The number of aliphatic hydroxyl groups excluding tert-OH is 1. The van der Waals surface area contributed by atoms with Crippen molar-refractivity contribution in [1.29, 1.82) is 0 Å². The summed E-state index contributed by atoms with van der Waals surface area (Å²) in [6.07, 6.45) is 1.17. The van der Waals surface area contributed by atoms with Crippen LogP contribution in [0.5, 0.6) is 0 Å². The van der Waals surface area contributed by atoms with Gasteiger partial charge in [-0.05, 0) is 31.4 Å². The summed E-state index contributed by atoms with van der Waals surface area (Å²) in [5, 5.41) is 8.64. The molecule has 1 rings (SSSR count). The lowest BCUT2D eigenvalue weighted by molar-refractivity contribution is 0.288. The van der Waals surface area contributed by atoms with Crippen molar-refractivity contribution in [2.75, 3.05) is 6.61 Å². The molecule has 0 bridgehead atoms. The zero-order valence-electron chi connectivity index (χ0n) is 7.48. The maximum atomic E-state index is 13.2. The number of aryl methyl sites for hydroxylation is 1. The van der Waals surface area contributed by atoms with Crippen LogP contribution in [0.4, 0.5) is 4.39 Å². The van der Waals surface area contributed by atoms with Gasteiger partial charge in [0.1, 0.15) is 5.82 Å². The molecule has 3 heteroatoms. The van der Waals surface area contributed by atoms with Crippen LogP contribution >= 0.6 is 15.9 Å². The van der Waals surface area contributed by atoms with E-state index in [0.717, 1.165) is 10.0 Å². The number of halogens is 2. The molecule has 0 saturated heterocycles. The van der Waals surface area contributed by atoms with Crippen LogP contribution in [0.3, 0.4) is 0 Å². The van der Waals surface area contributed by atoms with Crippen molar-refractivity contribution < 1.29 is 9.50 Å². The molecular formula is C10H12BrFO. The zero-order valence-corrected chi connectivity index (χ0v) is 9.07. The van der Waals surface area contributed by atoms with Crippen molar-refractivity contribution in [2.45, 2.75) is 19.8 Å². The third-order valence-corrected chi connectivity index (χ3v) is 3.07. The van der Waals surface area contributed by atoms with E-state index in [1.165, 1.54) is 6.07 Å². The second-order valence-electron chi connectivity index (χ2n) is 2.98. The third kappa shape index (κ3) is 2.51. The minimum Gasteiger partial charge on any atom is -0.396 e. The molecule has 0 aliphatic rings. The SMILES string of the molecule is Cc1ccc(F)c(CCCO)c1Br. The van der Waals surface area contributed by atoms with Gasteiger partial charge in [-0.15, -0.1) is 0 Å². The van der Waals surface area contributed by atoms with Gasteiger partial charge >= 0.3 is 0 Å². The summed E-state index contributed by atoms with van der Waals surface area (Å²) >= 11 is 3.34. The van der Waals surface area contributed by atoms with Gasteiger partial charge in [-0.2, -0.15) is 0 Å². The zero-order chi connectivity index (χ0) is 9.84. The quantitative estimate of drug-likeness (QED) is 0.870. The molecule has 0 fully saturated rings. The Morgan fingerprint density at radius 3 is 2.77 bits per heavy atom. The Hall–Kier alpha value is -0.410. The van der Waals surface area contributed by atoms with E-state index in [0.29, 0.717) is 18.4 Å². The van der Waals surface area contributed by atoms with E-state index >= 15 is 0 Å². The van der Waals surface area contributed by atoms with E-state index in [2.05, 4.69) is 15.9 Å². The van der Waals surface area contributed by atoms with Crippen molar-refractivity contribution >= 4 is 15.9 Å². The Kier molecular flexibility index (Phi) is 3.88. The van der Waals surface area contributed by atoms with E-state index < -0.39 is 0 Å². The molecule has 0 heterocycles. The molecule has 0 unspecified atom stereocenters. The van der Waals surface area contributed by atoms with E-state index in [-0.39, 0.29) is 12.4 Å². The van der Waals surface area contributed by atoms with Gasteiger partial charge in [0.15, 0.2) is 0 Å². The highest BCUT2D eigenvalue weighted by Crippen LogP contribution is 2.24. The summed E-state index contributed by atoms with van der Waals surface area (Å²) < 4.78 is 14.1. The van der Waals surface area contributed by atoms with Crippen molar-refractivity contribution in [3.05, 3.63) is 33.5 Å². The fourth-order valence-electron chi connectivity index (χ4n) is 1.20. The smallest absolute Gasteiger partial charge is 0.127 e. The number of hydrogen-bond donors (Lipinski definition) is 1. The first-order valence-corrected chi connectivity index (χ1v) is 5.00. The molecule has 0 spiro atoms. The molecule has 0 amide bonds. The van der Waals surface area contributed by atoms with Gasteiger partial charge in [0, 0.05) is 16.6 Å². The maximum Gasteiger partial charge on any atom is 0.127 e. The molecule has 0 saturated carbocycles.